The summed E-state index contributed by atoms with van der Waals surface area (Å²) in [4.78, 5) is 16.2. The fraction of sp³-hybridized carbons (Fsp3) is 0.125. The van der Waals surface area contributed by atoms with Gasteiger partial charge >= 0.3 is 0 Å². The van der Waals surface area contributed by atoms with Crippen LogP contribution in [0.5, 0.6) is 0 Å². The fourth-order valence-corrected chi connectivity index (χ4v) is 3.02. The number of benzene rings is 1. The van der Waals surface area contributed by atoms with E-state index in [0.717, 1.165) is 5.56 Å². The molecular formula is C16H13Cl3N2OS. The quantitative estimate of drug-likeness (QED) is 0.350. The molecule has 0 unspecified atom stereocenters. The second-order valence-corrected chi connectivity index (χ2v) is 7.95. The molecule has 0 radical (unpaired) electrons. The average Bonchev–Trinajstić information content (AvgIpc) is 2.53. The average molecular weight is 388 g/mol. The number of alkyl halides is 3. The summed E-state index contributed by atoms with van der Waals surface area (Å²) in [5.41, 5.74) is 0.908. The molecule has 1 atom stereocenters. The van der Waals surface area contributed by atoms with E-state index in [4.69, 9.17) is 34.8 Å². The minimum atomic E-state index is -1.67. The van der Waals surface area contributed by atoms with Crippen molar-refractivity contribution in [1.82, 2.24) is 10.3 Å². The van der Waals surface area contributed by atoms with Crippen molar-refractivity contribution in [2.24, 2.45) is 0 Å². The molecular weight excluding hydrogens is 375 g/mol. The van der Waals surface area contributed by atoms with Crippen molar-refractivity contribution in [1.29, 1.82) is 0 Å². The van der Waals surface area contributed by atoms with E-state index in [-0.39, 0.29) is 5.91 Å². The van der Waals surface area contributed by atoms with Gasteiger partial charge in [0.25, 0.3) is 0 Å². The summed E-state index contributed by atoms with van der Waals surface area (Å²) in [7, 11) is 0. The molecule has 1 heterocycles. The van der Waals surface area contributed by atoms with Gasteiger partial charge in [0.2, 0.25) is 9.70 Å². The smallest absolute Gasteiger partial charge is 0.245 e. The monoisotopic (exact) mass is 386 g/mol. The van der Waals surface area contributed by atoms with Crippen molar-refractivity contribution in [2.45, 2.75) is 14.2 Å². The van der Waals surface area contributed by atoms with Crippen LogP contribution in [0.1, 0.15) is 5.56 Å². The lowest BCUT2D eigenvalue weighted by Gasteiger charge is -2.23. The van der Waals surface area contributed by atoms with Gasteiger partial charge in [0.15, 0.2) is 0 Å². The van der Waals surface area contributed by atoms with Crippen LogP contribution in [0.3, 0.4) is 0 Å². The first kappa shape index (κ1) is 18.1. The molecule has 1 N–H and O–H groups in total. The number of carbonyl (C=O) groups excluding carboxylic acids is 1. The minimum absolute atomic E-state index is 0.353. The summed E-state index contributed by atoms with van der Waals surface area (Å²) < 4.78 is -1.67. The van der Waals surface area contributed by atoms with E-state index in [9.17, 15) is 4.79 Å². The van der Waals surface area contributed by atoms with Crippen molar-refractivity contribution >= 4 is 58.5 Å². The van der Waals surface area contributed by atoms with Gasteiger partial charge in [0.1, 0.15) is 5.37 Å². The fourth-order valence-electron chi connectivity index (χ4n) is 1.63. The lowest BCUT2D eigenvalue weighted by atomic mass is 10.2. The van der Waals surface area contributed by atoms with Gasteiger partial charge in [0, 0.05) is 12.3 Å². The number of nitrogens with zero attached hydrogens (tertiary/aromatic N) is 1. The van der Waals surface area contributed by atoms with Gasteiger partial charge in [-0.15, -0.1) is 0 Å². The topological polar surface area (TPSA) is 42.0 Å². The number of carbonyl (C=O) groups is 1. The van der Waals surface area contributed by atoms with Gasteiger partial charge in [-0.3, -0.25) is 4.79 Å². The molecule has 1 amide bonds. The summed E-state index contributed by atoms with van der Waals surface area (Å²) in [6.07, 6.45) is 4.73. The van der Waals surface area contributed by atoms with Gasteiger partial charge < -0.3 is 5.32 Å². The van der Waals surface area contributed by atoms with E-state index in [2.05, 4.69) is 10.3 Å². The second-order valence-electron chi connectivity index (χ2n) is 4.46. The predicted molar refractivity (Wildman–Crippen MR) is 97.8 cm³/mol. The molecule has 0 bridgehead atoms. The van der Waals surface area contributed by atoms with Crippen LogP contribution in [-0.4, -0.2) is 20.1 Å². The number of amides is 1. The maximum Gasteiger partial charge on any atom is 0.245 e. The Balaban J connectivity index is 2.03. The molecule has 0 spiro atoms. The van der Waals surface area contributed by atoms with Crippen LogP contribution in [0, 0.1) is 0 Å². The van der Waals surface area contributed by atoms with Crippen LogP contribution in [0.25, 0.3) is 6.08 Å². The molecule has 0 fully saturated rings. The maximum absolute atomic E-state index is 12.1. The Hall–Kier alpha value is -1.20. The first-order valence-corrected chi connectivity index (χ1v) is 8.64. The van der Waals surface area contributed by atoms with Gasteiger partial charge in [0.05, 0.1) is 5.03 Å². The van der Waals surface area contributed by atoms with Crippen LogP contribution in [0.2, 0.25) is 0 Å². The summed E-state index contributed by atoms with van der Waals surface area (Å²) in [6.45, 7) is 0. The summed E-state index contributed by atoms with van der Waals surface area (Å²) in [5, 5.41) is 2.56. The Bertz CT molecular complexity index is 660. The van der Waals surface area contributed by atoms with E-state index < -0.39 is 9.17 Å². The van der Waals surface area contributed by atoms with Crippen LogP contribution < -0.4 is 5.32 Å². The number of rotatable bonds is 5. The van der Waals surface area contributed by atoms with Crippen molar-refractivity contribution < 1.29 is 4.79 Å². The lowest BCUT2D eigenvalue weighted by molar-refractivity contribution is -0.116. The minimum Gasteiger partial charge on any atom is -0.336 e. The van der Waals surface area contributed by atoms with Gasteiger partial charge in [-0.05, 0) is 23.8 Å². The molecule has 23 heavy (non-hydrogen) atoms. The predicted octanol–water partition coefficient (Wildman–Crippen LogP) is 4.70. The molecule has 3 nitrogen and oxygen atoms in total. The number of nitrogens with one attached hydrogen (secondary N) is 1. The maximum atomic E-state index is 12.1. The number of halogens is 3. The van der Waals surface area contributed by atoms with Crippen LogP contribution >= 0.6 is 46.6 Å². The largest absolute Gasteiger partial charge is 0.336 e. The zero-order valence-corrected chi connectivity index (χ0v) is 14.9. The molecule has 1 aromatic heterocycles. The van der Waals surface area contributed by atoms with Crippen LogP contribution in [0.15, 0.2) is 65.8 Å². The second kappa shape index (κ2) is 8.60. The standard InChI is InChI=1S/C16H13Cl3N2OS/c17-16(18,19)15(23-14-8-4-5-11-20-14)21-13(22)10-9-12-6-2-1-3-7-12/h1-11,15H,(H,21,22)/b10-9+/t15-/m1/s1. The molecule has 7 heteroatoms. The molecule has 0 aliphatic heterocycles. The van der Waals surface area contributed by atoms with Crippen molar-refractivity contribution in [3.63, 3.8) is 0 Å². The van der Waals surface area contributed by atoms with E-state index in [1.54, 1.807) is 24.4 Å². The highest BCUT2D eigenvalue weighted by molar-refractivity contribution is 8.00. The van der Waals surface area contributed by atoms with E-state index in [1.807, 2.05) is 36.4 Å². The summed E-state index contributed by atoms with van der Waals surface area (Å²) >= 11 is 19.0. The molecule has 120 valence electrons. The third kappa shape index (κ3) is 6.43. The molecule has 0 saturated heterocycles. The Labute approximate surface area is 154 Å². The highest BCUT2D eigenvalue weighted by Crippen LogP contribution is 2.38. The van der Waals surface area contributed by atoms with E-state index >= 15 is 0 Å². The molecule has 2 rings (SSSR count). The van der Waals surface area contributed by atoms with Crippen molar-refractivity contribution in [3.8, 4) is 0 Å². The summed E-state index contributed by atoms with van der Waals surface area (Å²) in [6, 6.07) is 14.8. The van der Waals surface area contributed by atoms with Crippen molar-refractivity contribution in [3.05, 3.63) is 66.4 Å². The number of thioether (sulfide) groups is 1. The van der Waals surface area contributed by atoms with E-state index in [0.29, 0.717) is 5.03 Å². The Kier molecular flexibility index (Phi) is 6.78. The van der Waals surface area contributed by atoms with Crippen molar-refractivity contribution in [2.75, 3.05) is 0 Å². The number of hydrogen-bond acceptors (Lipinski definition) is 3. The Morgan fingerprint density at radius 3 is 2.43 bits per heavy atom. The molecule has 1 aromatic carbocycles. The SMILES string of the molecule is O=C(/C=C/c1ccccc1)N[C@H](Sc1ccccn1)C(Cl)(Cl)Cl. The molecule has 2 aromatic rings. The third-order valence-electron chi connectivity index (χ3n) is 2.67. The lowest BCUT2D eigenvalue weighted by Crippen LogP contribution is -2.40. The van der Waals surface area contributed by atoms with Gasteiger partial charge in [-0.25, -0.2) is 4.98 Å². The Morgan fingerprint density at radius 1 is 1.13 bits per heavy atom. The molecule has 0 saturated carbocycles. The third-order valence-corrected chi connectivity index (χ3v) is 4.91. The zero-order valence-electron chi connectivity index (χ0n) is 11.8. The van der Waals surface area contributed by atoms with Crippen LogP contribution in [0.4, 0.5) is 0 Å². The highest BCUT2D eigenvalue weighted by Gasteiger charge is 2.34. The number of aromatic nitrogens is 1. The highest BCUT2D eigenvalue weighted by atomic mass is 35.6. The van der Waals surface area contributed by atoms with E-state index in [1.165, 1.54) is 17.8 Å². The van der Waals surface area contributed by atoms with Gasteiger partial charge in [-0.1, -0.05) is 83.0 Å². The first-order chi connectivity index (χ1) is 10.9. The molecule has 0 aliphatic carbocycles. The van der Waals surface area contributed by atoms with Gasteiger partial charge in [-0.2, -0.15) is 0 Å². The molecule has 0 aliphatic rings. The normalized spacial score (nSPS) is 13.0. The Morgan fingerprint density at radius 2 is 1.83 bits per heavy atom. The summed E-state index contributed by atoms with van der Waals surface area (Å²) in [5.74, 6) is -0.353. The zero-order chi connectivity index (χ0) is 16.7. The number of hydrogen-bond donors (Lipinski definition) is 1. The van der Waals surface area contributed by atoms with Crippen LogP contribution in [-0.2, 0) is 4.79 Å². The first-order valence-electron chi connectivity index (χ1n) is 6.63. The number of pyridine rings is 1.